The summed E-state index contributed by atoms with van der Waals surface area (Å²) >= 11 is 0. The minimum Gasteiger partial charge on any atom is -0.396 e. The Labute approximate surface area is 216 Å². The highest BCUT2D eigenvalue weighted by molar-refractivity contribution is 7.39. The molecule has 8 nitrogen and oxygen atoms in total. The molecule has 0 aliphatic rings. The van der Waals surface area contributed by atoms with E-state index < -0.39 is 35.3 Å². The molecule has 0 radical (unpaired) electrons. The predicted octanol–water partition coefficient (Wildman–Crippen LogP) is 6.19. The van der Waals surface area contributed by atoms with Crippen molar-refractivity contribution in [3.63, 3.8) is 0 Å². The van der Waals surface area contributed by atoms with Gasteiger partial charge >= 0.3 is 17.2 Å². The van der Waals surface area contributed by atoms with Crippen LogP contribution in [0.1, 0.15) is 112 Å². The molecule has 0 rings (SSSR count). The van der Waals surface area contributed by atoms with E-state index in [1.54, 1.807) is 0 Å². The van der Waals surface area contributed by atoms with E-state index in [4.69, 9.17) is 13.8 Å². The summed E-state index contributed by atoms with van der Waals surface area (Å²) < 4.78 is 16.4. The van der Waals surface area contributed by atoms with Crippen LogP contribution in [0.4, 0.5) is 0 Å². The molecule has 0 aliphatic carbocycles. The predicted molar refractivity (Wildman–Crippen MR) is 144 cm³/mol. The van der Waals surface area contributed by atoms with Gasteiger partial charge in [-0.05, 0) is 36.5 Å². The van der Waals surface area contributed by atoms with Crippen LogP contribution in [0.3, 0.4) is 0 Å². The monoisotopic (exact) mass is 544 g/mol. The van der Waals surface area contributed by atoms with E-state index in [2.05, 4.69) is 41.5 Å². The maximum Gasteiger partial charge on any atom is 0.327 e. The van der Waals surface area contributed by atoms with Crippen LogP contribution >= 0.6 is 17.2 Å². The van der Waals surface area contributed by atoms with Gasteiger partial charge in [0.2, 0.25) is 0 Å². The van der Waals surface area contributed by atoms with Gasteiger partial charge in [0.05, 0.1) is 31.3 Å². The van der Waals surface area contributed by atoms with Crippen molar-refractivity contribution in [1.82, 2.24) is 0 Å². The minimum absolute atomic E-state index is 0.217. The van der Waals surface area contributed by atoms with Crippen LogP contribution in [0.15, 0.2) is 0 Å². The number of rotatable bonds is 21. The molecule has 0 saturated heterocycles. The lowest BCUT2D eigenvalue weighted by molar-refractivity contribution is -0.111. The molecule has 0 aromatic carbocycles. The number of unbranched alkanes of at least 4 members (excludes halogenated alkanes) is 6. The molecule has 0 fully saturated rings. The third-order valence-corrected chi connectivity index (χ3v) is 6.94. The van der Waals surface area contributed by atoms with Crippen LogP contribution in [-0.2, 0) is 13.8 Å². The Bertz CT molecular complexity index is 495. The van der Waals surface area contributed by atoms with E-state index in [1.807, 2.05) is 0 Å². The van der Waals surface area contributed by atoms with Gasteiger partial charge in [-0.15, -0.1) is 0 Å². The van der Waals surface area contributed by atoms with E-state index in [0.717, 1.165) is 51.4 Å². The third-order valence-electron chi connectivity index (χ3n) is 6.22. The highest BCUT2D eigenvalue weighted by Gasteiger charge is 2.41. The van der Waals surface area contributed by atoms with Crippen molar-refractivity contribution in [3.05, 3.63) is 0 Å². The highest BCUT2D eigenvalue weighted by Crippen LogP contribution is 2.38. The summed E-state index contributed by atoms with van der Waals surface area (Å²) in [6.07, 6.45) is 10.9. The second kappa shape index (κ2) is 18.7. The van der Waals surface area contributed by atoms with Crippen LogP contribution in [0.2, 0.25) is 0 Å². The lowest BCUT2D eigenvalue weighted by Crippen LogP contribution is -2.47. The quantitative estimate of drug-likeness (QED) is 0.0855. The van der Waals surface area contributed by atoms with E-state index in [9.17, 15) is 24.7 Å². The first-order valence-electron chi connectivity index (χ1n) is 13.0. The van der Waals surface area contributed by atoms with Crippen molar-refractivity contribution in [2.75, 3.05) is 26.4 Å². The van der Waals surface area contributed by atoms with Crippen LogP contribution in [0.25, 0.3) is 0 Å². The second-order valence-electron chi connectivity index (χ2n) is 12.2. The number of hydrogen-bond donors (Lipinski definition) is 5. The molecular weight excluding hydrogens is 490 g/mol. The SMILES string of the molecule is CC(C)(C)CCCCCCOC(CCCCCCC(C)(C)C)C(CO)(COP(O)O)COP(O)O. The topological polar surface area (TPSA) is 129 Å². The van der Waals surface area contributed by atoms with Gasteiger partial charge in [0, 0.05) is 6.61 Å². The fourth-order valence-corrected chi connectivity index (χ4v) is 4.78. The lowest BCUT2D eigenvalue weighted by Gasteiger charge is -2.38. The van der Waals surface area contributed by atoms with Crippen LogP contribution in [-0.4, -0.2) is 57.2 Å². The van der Waals surface area contributed by atoms with Gasteiger partial charge in [-0.1, -0.05) is 86.5 Å². The fourth-order valence-electron chi connectivity index (χ4n) is 4.03. The highest BCUT2D eigenvalue weighted by atomic mass is 31.2. The van der Waals surface area contributed by atoms with E-state index in [-0.39, 0.29) is 13.2 Å². The normalized spacial score (nSPS) is 14.3. The van der Waals surface area contributed by atoms with Crippen molar-refractivity contribution in [2.45, 2.75) is 118 Å². The number of aliphatic hydroxyl groups excluding tert-OH is 1. The first-order chi connectivity index (χ1) is 16.2. The van der Waals surface area contributed by atoms with Crippen molar-refractivity contribution in [3.8, 4) is 0 Å². The number of aliphatic hydroxyl groups is 1. The Kier molecular flexibility index (Phi) is 19.0. The van der Waals surface area contributed by atoms with Gasteiger partial charge in [0.25, 0.3) is 0 Å². The molecule has 10 heteroatoms. The van der Waals surface area contributed by atoms with Gasteiger partial charge in [-0.25, -0.2) is 0 Å². The zero-order valence-corrected chi connectivity index (χ0v) is 24.8. The molecule has 5 N–H and O–H groups in total. The number of hydrogen-bond acceptors (Lipinski definition) is 8. The molecule has 1 atom stereocenters. The Morgan fingerprint density at radius 1 is 0.629 bits per heavy atom. The largest absolute Gasteiger partial charge is 0.396 e. The summed E-state index contributed by atoms with van der Waals surface area (Å²) in [5, 5.41) is 10.3. The van der Waals surface area contributed by atoms with Gasteiger partial charge < -0.3 is 38.5 Å². The molecular formula is C25H54O8P2. The summed E-state index contributed by atoms with van der Waals surface area (Å²) in [7, 11) is -5.26. The van der Waals surface area contributed by atoms with Gasteiger partial charge in [-0.2, -0.15) is 0 Å². The maximum atomic E-state index is 10.3. The molecule has 0 heterocycles. The molecule has 0 aromatic rings. The summed E-state index contributed by atoms with van der Waals surface area (Å²) in [6, 6.07) is 0. The van der Waals surface area contributed by atoms with Crippen molar-refractivity contribution < 1.29 is 38.5 Å². The van der Waals surface area contributed by atoms with Crippen molar-refractivity contribution in [1.29, 1.82) is 0 Å². The first kappa shape index (κ1) is 35.5. The van der Waals surface area contributed by atoms with Crippen LogP contribution in [0, 0.1) is 16.2 Å². The maximum absolute atomic E-state index is 10.3. The Balaban J connectivity index is 5.03. The lowest BCUT2D eigenvalue weighted by atomic mass is 9.81. The van der Waals surface area contributed by atoms with Crippen molar-refractivity contribution >= 4 is 17.2 Å². The molecule has 212 valence electrons. The number of ether oxygens (including phenoxy) is 1. The van der Waals surface area contributed by atoms with E-state index in [1.165, 1.54) is 12.8 Å². The van der Waals surface area contributed by atoms with Gasteiger partial charge in [0.1, 0.15) is 0 Å². The molecule has 0 spiro atoms. The standard InChI is InChI=1S/C25H54O8P2/c1-23(2,3)16-12-8-7-11-15-22(31-18-14-10-9-13-17-24(4,5)6)25(19-26,20-32-34(27)28)21-33-35(29)30/h22,26-30H,7-21H2,1-6H3. The third kappa shape index (κ3) is 20.2. The minimum atomic E-state index is -2.63. The summed E-state index contributed by atoms with van der Waals surface area (Å²) in [6.45, 7) is 13.1. The smallest absolute Gasteiger partial charge is 0.327 e. The molecule has 0 bridgehead atoms. The summed E-state index contributed by atoms with van der Waals surface area (Å²) in [4.78, 5) is 37.2. The van der Waals surface area contributed by atoms with Crippen LogP contribution in [0.5, 0.6) is 0 Å². The van der Waals surface area contributed by atoms with E-state index >= 15 is 0 Å². The first-order valence-corrected chi connectivity index (χ1v) is 15.4. The molecule has 0 aliphatic heterocycles. The summed E-state index contributed by atoms with van der Waals surface area (Å²) in [5.41, 5.74) is -0.471. The Hall–Kier alpha value is 0.540. The Morgan fingerprint density at radius 2 is 1.06 bits per heavy atom. The zero-order valence-electron chi connectivity index (χ0n) is 23.0. The second-order valence-corrected chi connectivity index (χ2v) is 13.7. The van der Waals surface area contributed by atoms with Crippen molar-refractivity contribution in [2.24, 2.45) is 16.2 Å². The Morgan fingerprint density at radius 3 is 1.46 bits per heavy atom. The zero-order chi connectivity index (χ0) is 27.0. The van der Waals surface area contributed by atoms with E-state index in [0.29, 0.717) is 23.9 Å². The average Bonchev–Trinajstić information content (AvgIpc) is 2.73. The average molecular weight is 545 g/mol. The van der Waals surface area contributed by atoms with Gasteiger partial charge in [-0.3, -0.25) is 0 Å². The van der Waals surface area contributed by atoms with Gasteiger partial charge in [0.15, 0.2) is 0 Å². The molecule has 0 amide bonds. The molecule has 35 heavy (non-hydrogen) atoms. The fraction of sp³-hybridized carbons (Fsp3) is 1.00. The summed E-state index contributed by atoms with van der Waals surface area (Å²) in [5.74, 6) is 0. The molecule has 0 saturated carbocycles. The molecule has 0 aromatic heterocycles. The molecule has 1 unspecified atom stereocenters. The van der Waals surface area contributed by atoms with Crippen LogP contribution < -0.4 is 0 Å².